The minimum atomic E-state index is -0.797. The monoisotopic (exact) mass is 908 g/mol. The highest BCUT2D eigenvalue weighted by atomic mass is 16.5. The Hall–Kier alpha value is -2.70. The van der Waals surface area contributed by atoms with E-state index in [1.807, 2.05) is 24.3 Å². The first-order valence-corrected chi connectivity index (χ1v) is 27.7. The Morgan fingerprint density at radius 3 is 1.29 bits per heavy atom. The molecule has 3 unspecified atom stereocenters. The van der Waals surface area contributed by atoms with Crippen LogP contribution in [0.15, 0.2) is 72.9 Å². The second-order valence-electron chi connectivity index (χ2n) is 18.8. The molecule has 0 radical (unpaired) electrons. The summed E-state index contributed by atoms with van der Waals surface area (Å²) >= 11 is 0. The van der Waals surface area contributed by atoms with Gasteiger partial charge in [-0.25, -0.2) is 0 Å². The molecule has 0 rings (SSSR count). The van der Waals surface area contributed by atoms with Gasteiger partial charge in [-0.2, -0.15) is 0 Å². The van der Waals surface area contributed by atoms with Crippen LogP contribution >= 0.6 is 0 Å². The highest BCUT2D eigenvalue weighted by molar-refractivity contribution is 5.77. The Morgan fingerprint density at radius 2 is 0.831 bits per heavy atom. The van der Waals surface area contributed by atoms with Gasteiger partial charge in [-0.1, -0.05) is 254 Å². The Bertz CT molecular complexity index is 1200. The van der Waals surface area contributed by atoms with Crippen molar-refractivity contribution in [3.8, 4) is 0 Å². The van der Waals surface area contributed by atoms with Crippen molar-refractivity contribution >= 4 is 11.9 Å². The first-order chi connectivity index (χ1) is 32.0. The standard InChI is InChI=1S/C59H105NO5/c1-4-7-10-13-16-19-22-25-27-28-29-31-34-37-40-43-46-49-52-59(64)65-55(50-47-44-41-38-35-33-30-26-23-20-17-14-11-8-5-2)53-58(63)60-56(54-61)57(62)51-48-45-42-39-36-32-24-21-18-15-12-9-6-3/h10,13,16,19,22,25-31,55-57,61-62H,4-9,11-12,14-15,17-18,20-21,23-24,32-54H2,1-3H3,(H,60,63)/b13-10+,19-16+,25-22+,28-27+,30-26+,31-29+. The number of hydrogen-bond acceptors (Lipinski definition) is 5. The predicted octanol–water partition coefficient (Wildman–Crippen LogP) is 17.0. The van der Waals surface area contributed by atoms with Crippen LogP contribution in [-0.4, -0.2) is 46.9 Å². The average Bonchev–Trinajstić information content (AvgIpc) is 3.30. The number of rotatable bonds is 49. The summed E-state index contributed by atoms with van der Waals surface area (Å²) < 4.78 is 5.94. The van der Waals surface area contributed by atoms with Gasteiger partial charge in [0.1, 0.15) is 6.10 Å². The second kappa shape index (κ2) is 52.3. The molecule has 0 bridgehead atoms. The molecule has 0 aromatic rings. The Kier molecular flexibility index (Phi) is 50.1. The van der Waals surface area contributed by atoms with E-state index in [1.54, 1.807) is 0 Å². The molecular formula is C59H105NO5. The van der Waals surface area contributed by atoms with Crippen molar-refractivity contribution in [3.63, 3.8) is 0 Å². The maximum Gasteiger partial charge on any atom is 0.306 e. The third-order valence-corrected chi connectivity index (χ3v) is 12.4. The van der Waals surface area contributed by atoms with E-state index >= 15 is 0 Å². The molecule has 376 valence electrons. The van der Waals surface area contributed by atoms with E-state index in [-0.39, 0.29) is 24.9 Å². The van der Waals surface area contributed by atoms with E-state index in [2.05, 4.69) is 74.7 Å². The number of amides is 1. The lowest BCUT2D eigenvalue weighted by molar-refractivity contribution is -0.151. The zero-order chi connectivity index (χ0) is 47.4. The number of unbranched alkanes of at least 4 members (excludes halogenated alkanes) is 29. The summed E-state index contributed by atoms with van der Waals surface area (Å²) in [4.78, 5) is 26.2. The fourth-order valence-corrected chi connectivity index (χ4v) is 8.16. The Morgan fingerprint density at radius 1 is 0.446 bits per heavy atom. The summed E-state index contributed by atoms with van der Waals surface area (Å²) in [6, 6.07) is -0.712. The molecule has 0 fully saturated rings. The number of allylic oxidation sites excluding steroid dienone is 12. The van der Waals surface area contributed by atoms with Crippen LogP contribution in [0.3, 0.4) is 0 Å². The van der Waals surface area contributed by atoms with Gasteiger partial charge in [0.05, 0.1) is 25.2 Å². The number of hydrogen-bond donors (Lipinski definition) is 3. The number of carbonyl (C=O) groups is 2. The highest BCUT2D eigenvalue weighted by Gasteiger charge is 2.24. The maximum atomic E-state index is 13.2. The molecule has 1 amide bonds. The minimum Gasteiger partial charge on any atom is -0.462 e. The van der Waals surface area contributed by atoms with E-state index < -0.39 is 18.2 Å². The molecule has 0 aliphatic carbocycles. The van der Waals surface area contributed by atoms with E-state index in [9.17, 15) is 19.8 Å². The molecule has 0 saturated heterocycles. The lowest BCUT2D eigenvalue weighted by atomic mass is 10.0. The van der Waals surface area contributed by atoms with Crippen molar-refractivity contribution in [1.29, 1.82) is 0 Å². The highest BCUT2D eigenvalue weighted by Crippen LogP contribution is 2.18. The summed E-state index contributed by atoms with van der Waals surface area (Å²) in [6.07, 6.45) is 66.7. The molecular weight excluding hydrogens is 803 g/mol. The van der Waals surface area contributed by atoms with Crippen molar-refractivity contribution in [2.45, 2.75) is 283 Å². The van der Waals surface area contributed by atoms with E-state index in [0.717, 1.165) is 89.9 Å². The number of aliphatic hydroxyl groups excluding tert-OH is 2. The fourth-order valence-electron chi connectivity index (χ4n) is 8.16. The lowest BCUT2D eigenvalue weighted by Crippen LogP contribution is -2.46. The molecule has 3 atom stereocenters. The van der Waals surface area contributed by atoms with Crippen LogP contribution in [0.4, 0.5) is 0 Å². The zero-order valence-electron chi connectivity index (χ0n) is 42.9. The van der Waals surface area contributed by atoms with Gasteiger partial charge in [0.15, 0.2) is 0 Å². The van der Waals surface area contributed by atoms with Gasteiger partial charge in [0.25, 0.3) is 0 Å². The van der Waals surface area contributed by atoms with Gasteiger partial charge in [-0.3, -0.25) is 9.59 Å². The summed E-state index contributed by atoms with van der Waals surface area (Å²) in [5, 5.41) is 23.8. The van der Waals surface area contributed by atoms with Crippen molar-refractivity contribution in [1.82, 2.24) is 5.32 Å². The van der Waals surface area contributed by atoms with Crippen LogP contribution in [0.2, 0.25) is 0 Å². The molecule has 0 aliphatic heterocycles. The van der Waals surface area contributed by atoms with Crippen LogP contribution in [-0.2, 0) is 14.3 Å². The molecule has 6 nitrogen and oxygen atoms in total. The number of ether oxygens (including phenoxy) is 1. The summed E-state index contributed by atoms with van der Waals surface area (Å²) in [7, 11) is 0. The van der Waals surface area contributed by atoms with Gasteiger partial charge in [-0.05, 0) is 70.6 Å². The molecule has 65 heavy (non-hydrogen) atoms. The van der Waals surface area contributed by atoms with Crippen molar-refractivity contribution in [2.75, 3.05) is 6.61 Å². The van der Waals surface area contributed by atoms with Crippen LogP contribution in [0.5, 0.6) is 0 Å². The van der Waals surface area contributed by atoms with Gasteiger partial charge in [-0.15, -0.1) is 0 Å². The number of carbonyl (C=O) groups excluding carboxylic acids is 2. The third-order valence-electron chi connectivity index (χ3n) is 12.4. The quantitative estimate of drug-likeness (QED) is 0.0245. The smallest absolute Gasteiger partial charge is 0.306 e. The van der Waals surface area contributed by atoms with Gasteiger partial charge in [0.2, 0.25) is 5.91 Å². The Balaban J connectivity index is 4.64. The molecule has 0 spiro atoms. The average molecular weight is 908 g/mol. The van der Waals surface area contributed by atoms with Crippen molar-refractivity contribution < 1.29 is 24.5 Å². The third kappa shape index (κ3) is 47.6. The predicted molar refractivity (Wildman–Crippen MR) is 282 cm³/mol. The van der Waals surface area contributed by atoms with E-state index in [1.165, 1.54) is 128 Å². The normalized spacial score (nSPS) is 13.7. The zero-order valence-corrected chi connectivity index (χ0v) is 42.9. The second-order valence-corrected chi connectivity index (χ2v) is 18.8. The summed E-state index contributed by atoms with van der Waals surface area (Å²) in [6.45, 7) is 6.40. The number of nitrogens with one attached hydrogen (secondary N) is 1. The molecule has 0 saturated carbocycles. The summed E-state index contributed by atoms with van der Waals surface area (Å²) in [5.41, 5.74) is 0. The Labute approximate surface area is 402 Å². The molecule has 3 N–H and O–H groups in total. The van der Waals surface area contributed by atoms with Gasteiger partial charge < -0.3 is 20.3 Å². The SMILES string of the molecule is CCC/C=C/C=C/C=C/C=C/C=C/CCCCCCCC(=O)OC(CCCCCCC/C=C/CCCCCCCC)CC(=O)NC(CO)C(O)CCCCCCCCCCCCCCC. The maximum absolute atomic E-state index is 13.2. The summed E-state index contributed by atoms with van der Waals surface area (Å²) in [5.74, 6) is -0.507. The topological polar surface area (TPSA) is 95.9 Å². The van der Waals surface area contributed by atoms with Crippen LogP contribution in [0.25, 0.3) is 0 Å². The van der Waals surface area contributed by atoms with Gasteiger partial charge >= 0.3 is 5.97 Å². The van der Waals surface area contributed by atoms with Crippen molar-refractivity contribution in [2.24, 2.45) is 0 Å². The van der Waals surface area contributed by atoms with E-state index in [4.69, 9.17) is 4.74 Å². The molecule has 0 aromatic heterocycles. The lowest BCUT2D eigenvalue weighted by Gasteiger charge is -2.24. The molecule has 0 heterocycles. The van der Waals surface area contributed by atoms with Gasteiger partial charge in [0, 0.05) is 6.42 Å². The van der Waals surface area contributed by atoms with Crippen molar-refractivity contribution in [3.05, 3.63) is 72.9 Å². The molecule has 0 aromatic carbocycles. The largest absolute Gasteiger partial charge is 0.462 e. The van der Waals surface area contributed by atoms with Crippen LogP contribution in [0, 0.1) is 0 Å². The number of esters is 1. The van der Waals surface area contributed by atoms with E-state index in [0.29, 0.717) is 19.3 Å². The first-order valence-electron chi connectivity index (χ1n) is 27.7. The first kappa shape index (κ1) is 62.3. The fraction of sp³-hybridized carbons (Fsp3) is 0.763. The van der Waals surface area contributed by atoms with Crippen LogP contribution in [0.1, 0.15) is 265 Å². The molecule has 6 heteroatoms. The molecule has 0 aliphatic rings. The van der Waals surface area contributed by atoms with Crippen LogP contribution < -0.4 is 5.32 Å². The minimum absolute atomic E-state index is 0.0594. The number of aliphatic hydroxyl groups is 2.